The van der Waals surface area contributed by atoms with Gasteiger partial charge >= 0.3 is 0 Å². The fourth-order valence-corrected chi connectivity index (χ4v) is 3.96. The van der Waals surface area contributed by atoms with Crippen molar-refractivity contribution in [2.45, 2.75) is 25.7 Å². The van der Waals surface area contributed by atoms with Crippen LogP contribution < -0.4 is 10.1 Å². The van der Waals surface area contributed by atoms with Gasteiger partial charge in [0.15, 0.2) is 5.96 Å². The van der Waals surface area contributed by atoms with E-state index in [-0.39, 0.29) is 5.91 Å². The van der Waals surface area contributed by atoms with Crippen molar-refractivity contribution < 1.29 is 9.53 Å². The molecule has 2 rings (SSSR count). The van der Waals surface area contributed by atoms with Crippen LogP contribution in [-0.2, 0) is 4.79 Å². The van der Waals surface area contributed by atoms with Gasteiger partial charge in [0.2, 0.25) is 5.91 Å². The molecular formula is C20H32N4O2S. The highest BCUT2D eigenvalue weighted by atomic mass is 32.2. The Morgan fingerprint density at radius 2 is 1.93 bits per heavy atom. The lowest BCUT2D eigenvalue weighted by Gasteiger charge is -2.36. The van der Waals surface area contributed by atoms with Crippen LogP contribution in [0.1, 0.15) is 20.8 Å². The third-order valence-corrected chi connectivity index (χ3v) is 5.89. The molecule has 1 fully saturated rings. The van der Waals surface area contributed by atoms with Crippen LogP contribution >= 0.6 is 11.8 Å². The molecule has 1 unspecified atom stereocenters. The number of ether oxygens (including phenoxy) is 1. The number of methoxy groups -OCH3 is 1. The Bertz CT molecular complexity index is 630. The summed E-state index contributed by atoms with van der Waals surface area (Å²) in [5.41, 5.74) is 0. The predicted molar refractivity (Wildman–Crippen MR) is 113 cm³/mol. The highest BCUT2D eigenvalue weighted by Gasteiger charge is 2.21. The van der Waals surface area contributed by atoms with Gasteiger partial charge in [0.1, 0.15) is 5.75 Å². The Morgan fingerprint density at radius 1 is 1.26 bits per heavy atom. The summed E-state index contributed by atoms with van der Waals surface area (Å²) in [6.45, 7) is 10.7. The van der Waals surface area contributed by atoms with Crippen LogP contribution in [0, 0.1) is 5.92 Å². The van der Waals surface area contributed by atoms with Crippen LogP contribution in [0.3, 0.4) is 0 Å². The lowest BCUT2D eigenvalue weighted by molar-refractivity contribution is -0.130. The number of hydrogen-bond donors (Lipinski definition) is 1. The number of para-hydroxylation sites is 1. The molecule has 6 nitrogen and oxygen atoms in total. The standard InChI is InChI=1S/C20H32N4O2S/c1-5-21-20(24-12-10-23(11-13-24)17(3)25)22-14-16(2)15-27-19-9-7-6-8-18(19)26-4/h6-9,16H,5,10-15H2,1-4H3,(H,21,22). The van der Waals surface area contributed by atoms with Gasteiger partial charge in [-0.3, -0.25) is 9.79 Å². The van der Waals surface area contributed by atoms with E-state index in [1.54, 1.807) is 14.0 Å². The zero-order valence-electron chi connectivity index (χ0n) is 16.9. The molecule has 0 bridgehead atoms. The van der Waals surface area contributed by atoms with Crippen molar-refractivity contribution in [3.05, 3.63) is 24.3 Å². The number of rotatable bonds is 7. The molecule has 7 heteroatoms. The molecule has 1 atom stereocenters. The van der Waals surface area contributed by atoms with Crippen LogP contribution in [-0.4, -0.2) is 73.8 Å². The van der Waals surface area contributed by atoms with E-state index in [1.165, 1.54) is 4.90 Å². The molecule has 1 aliphatic rings. The fourth-order valence-electron chi connectivity index (χ4n) is 2.92. The monoisotopic (exact) mass is 392 g/mol. The summed E-state index contributed by atoms with van der Waals surface area (Å²) in [5, 5.41) is 3.39. The van der Waals surface area contributed by atoms with Gasteiger partial charge in [0.05, 0.1) is 7.11 Å². The Morgan fingerprint density at radius 3 is 2.56 bits per heavy atom. The first-order valence-electron chi connectivity index (χ1n) is 9.59. The summed E-state index contributed by atoms with van der Waals surface area (Å²) in [4.78, 5) is 21.7. The quantitative estimate of drug-likeness (QED) is 0.439. The second-order valence-corrected chi connectivity index (χ2v) is 7.82. The number of nitrogens with zero attached hydrogens (tertiary/aromatic N) is 3. The Labute approximate surface area is 167 Å². The summed E-state index contributed by atoms with van der Waals surface area (Å²) in [7, 11) is 1.71. The van der Waals surface area contributed by atoms with Crippen molar-refractivity contribution in [1.29, 1.82) is 0 Å². The van der Waals surface area contributed by atoms with Crippen LogP contribution in [0.2, 0.25) is 0 Å². The van der Waals surface area contributed by atoms with Crippen LogP contribution in [0.4, 0.5) is 0 Å². The number of nitrogens with one attached hydrogen (secondary N) is 1. The van der Waals surface area contributed by atoms with E-state index in [9.17, 15) is 4.79 Å². The number of piperazine rings is 1. The molecule has 0 aromatic heterocycles. The van der Waals surface area contributed by atoms with Gasteiger partial charge < -0.3 is 19.9 Å². The number of aliphatic imine (C=N–C) groups is 1. The lowest BCUT2D eigenvalue weighted by Crippen LogP contribution is -2.53. The van der Waals surface area contributed by atoms with Crippen LogP contribution in [0.15, 0.2) is 34.2 Å². The number of benzene rings is 1. The predicted octanol–water partition coefficient (Wildman–Crippen LogP) is 2.55. The number of amides is 1. The molecule has 0 radical (unpaired) electrons. The molecule has 0 spiro atoms. The van der Waals surface area contributed by atoms with E-state index < -0.39 is 0 Å². The molecule has 150 valence electrons. The average Bonchev–Trinajstić information content (AvgIpc) is 2.69. The van der Waals surface area contributed by atoms with E-state index >= 15 is 0 Å². The first-order chi connectivity index (χ1) is 13.0. The SMILES string of the molecule is CCNC(=NCC(C)CSc1ccccc1OC)N1CCN(C(C)=O)CC1. The zero-order valence-corrected chi connectivity index (χ0v) is 17.7. The second-order valence-electron chi connectivity index (χ2n) is 6.75. The lowest BCUT2D eigenvalue weighted by atomic mass is 10.2. The average molecular weight is 393 g/mol. The maximum absolute atomic E-state index is 11.5. The number of guanidine groups is 1. The van der Waals surface area contributed by atoms with E-state index in [4.69, 9.17) is 9.73 Å². The summed E-state index contributed by atoms with van der Waals surface area (Å²) in [5.74, 6) is 3.47. The molecule has 1 aliphatic heterocycles. The van der Waals surface area contributed by atoms with Crippen molar-refractivity contribution in [3.8, 4) is 5.75 Å². The fraction of sp³-hybridized carbons (Fsp3) is 0.600. The molecule has 1 aromatic carbocycles. The van der Waals surface area contributed by atoms with Gasteiger partial charge in [0, 0.05) is 56.8 Å². The second kappa shape index (κ2) is 11.1. The van der Waals surface area contributed by atoms with E-state index in [1.807, 2.05) is 34.9 Å². The molecular weight excluding hydrogens is 360 g/mol. The van der Waals surface area contributed by atoms with E-state index in [0.717, 1.165) is 56.7 Å². The minimum absolute atomic E-state index is 0.151. The van der Waals surface area contributed by atoms with Crippen molar-refractivity contribution in [2.24, 2.45) is 10.9 Å². The van der Waals surface area contributed by atoms with Gasteiger partial charge in [-0.2, -0.15) is 0 Å². The van der Waals surface area contributed by atoms with Crippen LogP contribution in [0.25, 0.3) is 0 Å². The summed E-state index contributed by atoms with van der Waals surface area (Å²) >= 11 is 1.81. The summed E-state index contributed by atoms with van der Waals surface area (Å²) in [6, 6.07) is 8.12. The molecule has 1 heterocycles. The molecule has 1 aromatic rings. The largest absolute Gasteiger partial charge is 0.496 e. The normalized spacial score (nSPS) is 16.2. The molecule has 1 amide bonds. The molecule has 0 saturated carbocycles. The Kier molecular flexibility index (Phi) is 8.78. The third kappa shape index (κ3) is 6.65. The van der Waals surface area contributed by atoms with Crippen molar-refractivity contribution in [1.82, 2.24) is 15.1 Å². The van der Waals surface area contributed by atoms with Gasteiger partial charge in [-0.05, 0) is 25.0 Å². The van der Waals surface area contributed by atoms with Crippen LogP contribution in [0.5, 0.6) is 5.75 Å². The van der Waals surface area contributed by atoms with Crippen molar-refractivity contribution >= 4 is 23.6 Å². The molecule has 1 saturated heterocycles. The number of thioether (sulfide) groups is 1. The highest BCUT2D eigenvalue weighted by Crippen LogP contribution is 2.30. The smallest absolute Gasteiger partial charge is 0.219 e. The minimum Gasteiger partial charge on any atom is -0.496 e. The van der Waals surface area contributed by atoms with Gasteiger partial charge in [-0.1, -0.05) is 19.1 Å². The van der Waals surface area contributed by atoms with Gasteiger partial charge in [-0.25, -0.2) is 0 Å². The van der Waals surface area contributed by atoms with Crippen molar-refractivity contribution in [3.63, 3.8) is 0 Å². The number of hydrogen-bond acceptors (Lipinski definition) is 4. The first-order valence-corrected chi connectivity index (χ1v) is 10.6. The Balaban J connectivity index is 1.87. The summed E-state index contributed by atoms with van der Waals surface area (Å²) in [6.07, 6.45) is 0. The Hall–Kier alpha value is -1.89. The minimum atomic E-state index is 0.151. The van der Waals surface area contributed by atoms with E-state index in [0.29, 0.717) is 5.92 Å². The maximum Gasteiger partial charge on any atom is 0.219 e. The molecule has 0 aliphatic carbocycles. The number of carbonyl (C=O) groups is 1. The highest BCUT2D eigenvalue weighted by molar-refractivity contribution is 7.99. The molecule has 27 heavy (non-hydrogen) atoms. The first kappa shape index (κ1) is 21.4. The maximum atomic E-state index is 11.5. The summed E-state index contributed by atoms with van der Waals surface area (Å²) < 4.78 is 5.42. The third-order valence-electron chi connectivity index (χ3n) is 4.50. The van der Waals surface area contributed by atoms with E-state index in [2.05, 4.69) is 30.1 Å². The van der Waals surface area contributed by atoms with Gasteiger partial charge in [0.25, 0.3) is 0 Å². The number of carbonyl (C=O) groups excluding carboxylic acids is 1. The zero-order chi connectivity index (χ0) is 19.6. The van der Waals surface area contributed by atoms with Gasteiger partial charge in [-0.15, -0.1) is 11.8 Å². The topological polar surface area (TPSA) is 57.2 Å². The molecule has 1 N–H and O–H groups in total. The van der Waals surface area contributed by atoms with Crippen molar-refractivity contribution in [2.75, 3.05) is 52.1 Å².